The van der Waals surface area contributed by atoms with Crippen molar-refractivity contribution in [3.63, 3.8) is 0 Å². The quantitative estimate of drug-likeness (QED) is 0.678. The van der Waals surface area contributed by atoms with Crippen LogP contribution in [0.5, 0.6) is 0 Å². The molecule has 22 heavy (non-hydrogen) atoms. The van der Waals surface area contributed by atoms with E-state index in [1.54, 1.807) is 12.1 Å². The summed E-state index contributed by atoms with van der Waals surface area (Å²) in [6.45, 7) is 2.05. The summed E-state index contributed by atoms with van der Waals surface area (Å²) in [5.74, 6) is -0.880. The first-order valence-electron chi connectivity index (χ1n) is 7.09. The molecule has 0 fully saturated rings. The second-order valence-corrected chi connectivity index (χ2v) is 6.15. The smallest absolute Gasteiger partial charge is 0.335 e. The summed E-state index contributed by atoms with van der Waals surface area (Å²) in [6.07, 6.45) is 0. The van der Waals surface area contributed by atoms with Crippen LogP contribution < -0.4 is 0 Å². The van der Waals surface area contributed by atoms with Gasteiger partial charge in [0, 0.05) is 10.4 Å². The molecule has 0 saturated carbocycles. The Morgan fingerprint density at radius 1 is 0.909 bits per heavy atom. The second-order valence-electron chi connectivity index (χ2n) is 5.30. The molecule has 0 spiro atoms. The van der Waals surface area contributed by atoms with Gasteiger partial charge in [-0.1, -0.05) is 71.4 Å². The molecule has 3 heteroatoms. The summed E-state index contributed by atoms with van der Waals surface area (Å²) in [5.41, 5.74) is 2.33. The van der Waals surface area contributed by atoms with Crippen LogP contribution in [0, 0.1) is 0 Å². The van der Waals surface area contributed by atoms with Crippen molar-refractivity contribution in [3.8, 4) is 0 Å². The molecule has 3 rings (SSSR count). The maximum absolute atomic E-state index is 11.5. The lowest BCUT2D eigenvalue weighted by Crippen LogP contribution is -2.06. The summed E-state index contributed by atoms with van der Waals surface area (Å²) in [4.78, 5) is 11.5. The molecule has 0 saturated heterocycles. The zero-order chi connectivity index (χ0) is 15.7. The fourth-order valence-corrected chi connectivity index (χ4v) is 3.38. The minimum absolute atomic E-state index is 0.00491. The molecule has 1 unspecified atom stereocenters. The van der Waals surface area contributed by atoms with Crippen molar-refractivity contribution in [2.45, 2.75) is 12.8 Å². The fourth-order valence-electron chi connectivity index (χ4n) is 2.90. The van der Waals surface area contributed by atoms with Crippen molar-refractivity contribution in [2.75, 3.05) is 0 Å². The first-order valence-corrected chi connectivity index (χ1v) is 7.88. The van der Waals surface area contributed by atoms with E-state index < -0.39 is 5.97 Å². The van der Waals surface area contributed by atoms with E-state index in [2.05, 4.69) is 41.1 Å². The molecule has 1 atom stereocenters. The molecule has 3 aromatic carbocycles. The van der Waals surface area contributed by atoms with E-state index in [0.29, 0.717) is 5.56 Å². The first kappa shape index (κ1) is 14.8. The average Bonchev–Trinajstić information content (AvgIpc) is 2.55. The van der Waals surface area contributed by atoms with Crippen LogP contribution in [-0.2, 0) is 0 Å². The van der Waals surface area contributed by atoms with Gasteiger partial charge in [-0.15, -0.1) is 0 Å². The monoisotopic (exact) mass is 354 g/mol. The summed E-state index contributed by atoms with van der Waals surface area (Å²) >= 11 is 3.58. The number of rotatable bonds is 3. The predicted octanol–water partition coefficient (Wildman–Crippen LogP) is 5.45. The van der Waals surface area contributed by atoms with E-state index in [-0.39, 0.29) is 5.92 Å². The zero-order valence-electron chi connectivity index (χ0n) is 12.1. The molecule has 0 aliphatic carbocycles. The Morgan fingerprint density at radius 2 is 1.55 bits per heavy atom. The average molecular weight is 355 g/mol. The number of benzene rings is 3. The topological polar surface area (TPSA) is 37.3 Å². The largest absolute Gasteiger partial charge is 0.478 e. The fraction of sp³-hybridized carbons (Fsp3) is 0.105. The molecule has 2 nitrogen and oxygen atoms in total. The third-order valence-electron chi connectivity index (χ3n) is 4.03. The summed E-state index contributed by atoms with van der Waals surface area (Å²) in [7, 11) is 0. The van der Waals surface area contributed by atoms with E-state index in [9.17, 15) is 9.90 Å². The van der Waals surface area contributed by atoms with Crippen LogP contribution in [0.4, 0.5) is 0 Å². The minimum atomic E-state index is -0.885. The van der Waals surface area contributed by atoms with Crippen LogP contribution in [-0.4, -0.2) is 11.1 Å². The highest BCUT2D eigenvalue weighted by Crippen LogP contribution is 2.35. The number of carbonyl (C=O) groups is 1. The molecular formula is C19H15BrO2. The maximum atomic E-state index is 11.5. The Hall–Kier alpha value is -2.13. The van der Waals surface area contributed by atoms with Crippen molar-refractivity contribution >= 4 is 32.7 Å². The third kappa shape index (κ3) is 2.53. The predicted molar refractivity (Wildman–Crippen MR) is 92.6 cm³/mol. The van der Waals surface area contributed by atoms with Gasteiger partial charge in [0.1, 0.15) is 0 Å². The molecule has 3 aromatic rings. The van der Waals surface area contributed by atoms with Gasteiger partial charge >= 0.3 is 5.97 Å². The van der Waals surface area contributed by atoms with E-state index in [4.69, 9.17) is 0 Å². The number of carboxylic acid groups (broad SMARTS) is 1. The number of hydrogen-bond acceptors (Lipinski definition) is 1. The maximum Gasteiger partial charge on any atom is 0.335 e. The van der Waals surface area contributed by atoms with E-state index in [1.807, 2.05) is 30.3 Å². The molecular weight excluding hydrogens is 340 g/mol. The highest BCUT2D eigenvalue weighted by atomic mass is 79.9. The number of hydrogen-bond donors (Lipinski definition) is 1. The number of aromatic carboxylic acids is 1. The number of halogens is 1. The van der Waals surface area contributed by atoms with E-state index in [0.717, 1.165) is 26.4 Å². The third-order valence-corrected chi connectivity index (χ3v) is 4.72. The Kier molecular flexibility index (Phi) is 3.99. The van der Waals surface area contributed by atoms with Crippen LogP contribution in [0.3, 0.4) is 0 Å². The van der Waals surface area contributed by atoms with E-state index >= 15 is 0 Å². The summed E-state index contributed by atoms with van der Waals surface area (Å²) in [5, 5.41) is 11.7. The van der Waals surface area contributed by atoms with Crippen molar-refractivity contribution in [1.29, 1.82) is 0 Å². The molecule has 0 radical (unpaired) electrons. The van der Waals surface area contributed by atoms with Gasteiger partial charge in [0.2, 0.25) is 0 Å². The molecule has 110 valence electrons. The lowest BCUT2D eigenvalue weighted by Gasteiger charge is -2.18. The van der Waals surface area contributed by atoms with Crippen molar-refractivity contribution < 1.29 is 9.90 Å². The van der Waals surface area contributed by atoms with Crippen LogP contribution >= 0.6 is 15.9 Å². The molecule has 0 heterocycles. The Balaban J connectivity index is 2.20. The van der Waals surface area contributed by atoms with Gasteiger partial charge in [-0.25, -0.2) is 4.79 Å². The molecule has 0 aromatic heterocycles. The van der Waals surface area contributed by atoms with Gasteiger partial charge in [0.25, 0.3) is 0 Å². The SMILES string of the molecule is CC(c1ccccc1C(=O)O)c1ccc(Br)c2ccccc12. The van der Waals surface area contributed by atoms with E-state index in [1.165, 1.54) is 0 Å². The zero-order valence-corrected chi connectivity index (χ0v) is 13.7. The lowest BCUT2D eigenvalue weighted by atomic mass is 9.87. The van der Waals surface area contributed by atoms with Gasteiger partial charge in [-0.2, -0.15) is 0 Å². The molecule has 0 aliphatic heterocycles. The first-order chi connectivity index (χ1) is 10.6. The normalized spacial score (nSPS) is 12.3. The molecule has 0 aliphatic rings. The highest BCUT2D eigenvalue weighted by Gasteiger charge is 2.18. The lowest BCUT2D eigenvalue weighted by molar-refractivity contribution is 0.0695. The van der Waals surface area contributed by atoms with Crippen LogP contribution in [0.25, 0.3) is 10.8 Å². The Morgan fingerprint density at radius 3 is 2.27 bits per heavy atom. The van der Waals surface area contributed by atoms with Crippen molar-refractivity contribution in [1.82, 2.24) is 0 Å². The summed E-state index contributed by atoms with van der Waals surface area (Å²) < 4.78 is 1.05. The van der Waals surface area contributed by atoms with Crippen LogP contribution in [0.15, 0.2) is 65.1 Å². The standard InChI is InChI=1S/C19H15BrO2/c1-12(13-6-2-5-9-17(13)19(21)22)14-10-11-18(20)16-8-4-3-7-15(14)16/h2-12H,1H3,(H,21,22). The van der Waals surface area contributed by atoms with Crippen molar-refractivity contribution in [3.05, 3.63) is 81.8 Å². The van der Waals surface area contributed by atoms with Gasteiger partial charge in [0.15, 0.2) is 0 Å². The summed E-state index contributed by atoms with van der Waals surface area (Å²) in [6, 6.07) is 19.5. The highest BCUT2D eigenvalue weighted by molar-refractivity contribution is 9.10. The molecule has 0 bridgehead atoms. The van der Waals surface area contributed by atoms with Crippen molar-refractivity contribution in [2.24, 2.45) is 0 Å². The Bertz CT molecular complexity index is 855. The second kappa shape index (κ2) is 5.93. The molecule has 1 N–H and O–H groups in total. The van der Waals surface area contributed by atoms with Crippen LogP contribution in [0.1, 0.15) is 34.3 Å². The Labute approximate surface area is 137 Å². The number of carboxylic acids is 1. The van der Waals surface area contributed by atoms with Gasteiger partial charge in [-0.05, 0) is 34.0 Å². The molecule has 0 amide bonds. The van der Waals surface area contributed by atoms with Gasteiger partial charge in [0.05, 0.1) is 5.56 Å². The minimum Gasteiger partial charge on any atom is -0.478 e. The number of fused-ring (bicyclic) bond motifs is 1. The van der Waals surface area contributed by atoms with Crippen LogP contribution in [0.2, 0.25) is 0 Å². The van der Waals surface area contributed by atoms with Gasteiger partial charge < -0.3 is 5.11 Å². The van der Waals surface area contributed by atoms with Gasteiger partial charge in [-0.3, -0.25) is 0 Å².